The van der Waals surface area contributed by atoms with Crippen molar-refractivity contribution in [3.63, 3.8) is 0 Å². The number of nitrogens with zero attached hydrogens (tertiary/aromatic N) is 1. The molecule has 0 aromatic heterocycles. The molecule has 1 amide bonds. The lowest BCUT2D eigenvalue weighted by atomic mass is 10.3. The number of amidine groups is 1. The number of nitrogens with one attached hydrogen (secondary N) is 1. The number of hydrogen-bond donors (Lipinski definition) is 3. The predicted octanol–water partition coefficient (Wildman–Crippen LogP) is -0.724. The molecule has 4 N–H and O–H groups in total. The van der Waals surface area contributed by atoms with Gasteiger partial charge in [-0.25, -0.2) is 0 Å². The van der Waals surface area contributed by atoms with Gasteiger partial charge in [-0.1, -0.05) is 5.16 Å². The standard InChI is InChI=1S/C7H15N3O3/c1-13-5-3-7(11)9-4-2-6(8)10-12/h12H,2-5H2,1H3,(H2,8,10)(H,9,11). The van der Waals surface area contributed by atoms with Gasteiger partial charge in [-0.15, -0.1) is 0 Å². The molecule has 0 rings (SSSR count). The molecule has 0 unspecified atom stereocenters. The first-order valence-electron chi connectivity index (χ1n) is 3.92. The molecule has 0 saturated carbocycles. The Kier molecular flexibility index (Phi) is 6.62. The fourth-order valence-electron chi connectivity index (χ4n) is 0.663. The Morgan fingerprint density at radius 1 is 1.62 bits per heavy atom. The van der Waals surface area contributed by atoms with Crippen LogP contribution >= 0.6 is 0 Å². The zero-order valence-corrected chi connectivity index (χ0v) is 7.62. The van der Waals surface area contributed by atoms with Crippen molar-refractivity contribution in [1.82, 2.24) is 5.32 Å². The van der Waals surface area contributed by atoms with E-state index in [0.29, 0.717) is 26.0 Å². The molecule has 6 heteroatoms. The van der Waals surface area contributed by atoms with E-state index >= 15 is 0 Å². The second-order valence-corrected chi connectivity index (χ2v) is 2.43. The molecule has 0 heterocycles. The molecule has 0 saturated heterocycles. The van der Waals surface area contributed by atoms with E-state index in [1.807, 2.05) is 0 Å². The van der Waals surface area contributed by atoms with Gasteiger partial charge < -0.3 is 21.0 Å². The molecule has 0 aliphatic rings. The number of rotatable bonds is 6. The van der Waals surface area contributed by atoms with Gasteiger partial charge in [-0.2, -0.15) is 0 Å². The van der Waals surface area contributed by atoms with Gasteiger partial charge in [0.05, 0.1) is 6.61 Å². The van der Waals surface area contributed by atoms with E-state index in [9.17, 15) is 4.79 Å². The van der Waals surface area contributed by atoms with Crippen molar-refractivity contribution in [2.24, 2.45) is 10.9 Å². The average molecular weight is 189 g/mol. The maximum absolute atomic E-state index is 10.9. The van der Waals surface area contributed by atoms with E-state index in [1.54, 1.807) is 0 Å². The fraction of sp³-hybridized carbons (Fsp3) is 0.714. The normalized spacial score (nSPS) is 11.3. The summed E-state index contributed by atoms with van der Waals surface area (Å²) >= 11 is 0. The van der Waals surface area contributed by atoms with E-state index in [2.05, 4.69) is 10.5 Å². The van der Waals surface area contributed by atoms with Crippen molar-refractivity contribution < 1.29 is 14.7 Å². The van der Waals surface area contributed by atoms with Gasteiger partial charge in [0.1, 0.15) is 5.84 Å². The third-order valence-corrected chi connectivity index (χ3v) is 1.37. The highest BCUT2D eigenvalue weighted by atomic mass is 16.5. The van der Waals surface area contributed by atoms with Crippen LogP contribution in [0.1, 0.15) is 12.8 Å². The molecule has 0 aromatic carbocycles. The number of methoxy groups -OCH3 is 1. The van der Waals surface area contributed by atoms with Crippen LogP contribution in [0.5, 0.6) is 0 Å². The van der Waals surface area contributed by atoms with Crippen LogP contribution in [-0.4, -0.2) is 37.2 Å². The SMILES string of the molecule is COCCC(=O)NCCC(N)=NO. The van der Waals surface area contributed by atoms with Gasteiger partial charge in [0, 0.05) is 26.5 Å². The topological polar surface area (TPSA) is 96.9 Å². The van der Waals surface area contributed by atoms with Crippen molar-refractivity contribution in [2.75, 3.05) is 20.3 Å². The van der Waals surface area contributed by atoms with Crippen LogP contribution in [0.15, 0.2) is 5.16 Å². The van der Waals surface area contributed by atoms with Gasteiger partial charge >= 0.3 is 0 Å². The molecule has 6 nitrogen and oxygen atoms in total. The summed E-state index contributed by atoms with van der Waals surface area (Å²) in [4.78, 5) is 10.9. The largest absolute Gasteiger partial charge is 0.409 e. The summed E-state index contributed by atoms with van der Waals surface area (Å²) < 4.78 is 4.71. The second kappa shape index (κ2) is 7.35. The maximum Gasteiger partial charge on any atom is 0.222 e. The minimum Gasteiger partial charge on any atom is -0.409 e. The molecular formula is C7H15N3O3. The minimum atomic E-state index is -0.104. The highest BCUT2D eigenvalue weighted by Gasteiger charge is 2.00. The number of nitrogens with two attached hydrogens (primary N) is 1. The fourth-order valence-corrected chi connectivity index (χ4v) is 0.663. The number of carbonyl (C=O) groups excluding carboxylic acids is 1. The van der Waals surface area contributed by atoms with Gasteiger partial charge in [0.25, 0.3) is 0 Å². The molecule has 76 valence electrons. The number of ether oxygens (including phenoxy) is 1. The van der Waals surface area contributed by atoms with E-state index in [4.69, 9.17) is 15.7 Å². The third-order valence-electron chi connectivity index (χ3n) is 1.37. The molecule has 0 spiro atoms. The summed E-state index contributed by atoms with van der Waals surface area (Å²) in [5, 5.41) is 13.5. The van der Waals surface area contributed by atoms with Gasteiger partial charge in [-0.05, 0) is 0 Å². The van der Waals surface area contributed by atoms with Gasteiger partial charge in [0.2, 0.25) is 5.91 Å². The first-order chi connectivity index (χ1) is 6.20. The van der Waals surface area contributed by atoms with Crippen LogP contribution in [0.3, 0.4) is 0 Å². The lowest BCUT2D eigenvalue weighted by Gasteiger charge is -2.03. The van der Waals surface area contributed by atoms with Crippen LogP contribution in [0, 0.1) is 0 Å². The Morgan fingerprint density at radius 2 is 2.31 bits per heavy atom. The van der Waals surface area contributed by atoms with Crippen LogP contribution < -0.4 is 11.1 Å². The van der Waals surface area contributed by atoms with E-state index in [1.165, 1.54) is 7.11 Å². The van der Waals surface area contributed by atoms with Crippen molar-refractivity contribution in [1.29, 1.82) is 0 Å². The van der Waals surface area contributed by atoms with Gasteiger partial charge in [0.15, 0.2) is 0 Å². The van der Waals surface area contributed by atoms with E-state index in [-0.39, 0.29) is 11.7 Å². The van der Waals surface area contributed by atoms with E-state index < -0.39 is 0 Å². The van der Waals surface area contributed by atoms with Crippen LogP contribution in [0.2, 0.25) is 0 Å². The van der Waals surface area contributed by atoms with Crippen molar-refractivity contribution in [3.8, 4) is 0 Å². The molecule has 0 fully saturated rings. The molecular weight excluding hydrogens is 174 g/mol. The minimum absolute atomic E-state index is 0.104. The van der Waals surface area contributed by atoms with Crippen LogP contribution in [-0.2, 0) is 9.53 Å². The Hall–Kier alpha value is -1.30. The summed E-state index contributed by atoms with van der Waals surface area (Å²) in [6, 6.07) is 0. The first-order valence-corrected chi connectivity index (χ1v) is 3.92. The monoisotopic (exact) mass is 189 g/mol. The number of amides is 1. The summed E-state index contributed by atoms with van der Waals surface area (Å²) in [6.45, 7) is 0.772. The summed E-state index contributed by atoms with van der Waals surface area (Å²) in [5.74, 6) is -0.000341. The summed E-state index contributed by atoms with van der Waals surface area (Å²) in [6.07, 6.45) is 0.669. The van der Waals surface area contributed by atoms with Gasteiger partial charge in [-0.3, -0.25) is 4.79 Å². The van der Waals surface area contributed by atoms with Crippen LogP contribution in [0.4, 0.5) is 0 Å². The lowest BCUT2D eigenvalue weighted by molar-refractivity contribution is -0.121. The molecule has 0 aliphatic heterocycles. The van der Waals surface area contributed by atoms with Crippen molar-refractivity contribution in [2.45, 2.75) is 12.8 Å². The number of carbonyl (C=O) groups is 1. The zero-order chi connectivity index (χ0) is 10.1. The average Bonchev–Trinajstić information content (AvgIpc) is 2.14. The molecule has 0 atom stereocenters. The number of oxime groups is 1. The number of hydrogen-bond acceptors (Lipinski definition) is 4. The molecule has 0 aromatic rings. The first kappa shape index (κ1) is 11.7. The molecule has 0 aliphatic carbocycles. The molecule has 0 bridgehead atoms. The highest BCUT2D eigenvalue weighted by molar-refractivity contribution is 5.81. The van der Waals surface area contributed by atoms with Crippen LogP contribution in [0.25, 0.3) is 0 Å². The molecule has 0 radical (unpaired) electrons. The zero-order valence-electron chi connectivity index (χ0n) is 7.62. The Morgan fingerprint density at radius 3 is 2.85 bits per heavy atom. The maximum atomic E-state index is 10.9. The highest BCUT2D eigenvalue weighted by Crippen LogP contribution is 1.82. The Balaban J connectivity index is 3.37. The Bertz CT molecular complexity index is 182. The molecule has 13 heavy (non-hydrogen) atoms. The van der Waals surface area contributed by atoms with E-state index in [0.717, 1.165) is 0 Å². The summed E-state index contributed by atoms with van der Waals surface area (Å²) in [5.41, 5.74) is 5.18. The lowest BCUT2D eigenvalue weighted by Crippen LogP contribution is -2.28. The predicted molar refractivity (Wildman–Crippen MR) is 47.5 cm³/mol. The third kappa shape index (κ3) is 7.07. The smallest absolute Gasteiger partial charge is 0.222 e. The second-order valence-electron chi connectivity index (χ2n) is 2.43. The quantitative estimate of drug-likeness (QED) is 0.222. The Labute approximate surface area is 76.7 Å². The summed E-state index contributed by atoms with van der Waals surface area (Å²) in [7, 11) is 1.53. The van der Waals surface area contributed by atoms with Crippen molar-refractivity contribution in [3.05, 3.63) is 0 Å². The van der Waals surface area contributed by atoms with Crippen molar-refractivity contribution >= 4 is 11.7 Å².